The zero-order valence-corrected chi connectivity index (χ0v) is 10.0. The molecule has 0 radical (unpaired) electrons. The number of hydrogen-bond donors (Lipinski definition) is 1. The third-order valence-electron chi connectivity index (χ3n) is 2.08. The maximum atomic E-state index is 9.64. The first-order valence-corrected chi connectivity index (χ1v) is 5.60. The lowest BCUT2D eigenvalue weighted by Crippen LogP contribution is -1.77. The normalized spacial score (nSPS) is 9.31. The summed E-state index contributed by atoms with van der Waals surface area (Å²) in [5.74, 6) is 6.12. The highest BCUT2D eigenvalue weighted by Gasteiger charge is 1.97. The molecule has 0 fully saturated rings. The molecule has 2 aromatic carbocycles. The molecular weight excluding hydrogens is 264 g/mol. The molecule has 0 spiro atoms. The minimum atomic E-state index is 0.192. The van der Waals surface area contributed by atoms with E-state index in [2.05, 4.69) is 27.8 Å². The Bertz CT molecular complexity index is 550. The van der Waals surface area contributed by atoms with Crippen LogP contribution in [0.4, 0.5) is 0 Å². The van der Waals surface area contributed by atoms with E-state index in [0.717, 1.165) is 10.0 Å². The van der Waals surface area contributed by atoms with Crippen LogP contribution in [0.5, 0.6) is 5.75 Å². The Morgan fingerprint density at radius 1 is 0.938 bits per heavy atom. The summed E-state index contributed by atoms with van der Waals surface area (Å²) < 4.78 is 0.843. The lowest BCUT2D eigenvalue weighted by atomic mass is 10.1. The van der Waals surface area contributed by atoms with Gasteiger partial charge in [-0.15, -0.1) is 0 Å². The van der Waals surface area contributed by atoms with Gasteiger partial charge in [-0.05, 0) is 30.3 Å². The second-order valence-corrected chi connectivity index (χ2v) is 4.19. The van der Waals surface area contributed by atoms with Crippen molar-refractivity contribution in [3.05, 3.63) is 64.1 Å². The predicted molar refractivity (Wildman–Crippen MR) is 68.2 cm³/mol. The van der Waals surface area contributed by atoms with E-state index < -0.39 is 0 Å². The van der Waals surface area contributed by atoms with Crippen molar-refractivity contribution in [1.29, 1.82) is 0 Å². The van der Waals surface area contributed by atoms with Crippen LogP contribution in [0.15, 0.2) is 53.0 Å². The molecule has 0 amide bonds. The van der Waals surface area contributed by atoms with Crippen molar-refractivity contribution in [3.63, 3.8) is 0 Å². The minimum absolute atomic E-state index is 0.192. The molecule has 0 heterocycles. The van der Waals surface area contributed by atoms with E-state index in [9.17, 15) is 5.11 Å². The second-order valence-electron chi connectivity index (χ2n) is 3.28. The quantitative estimate of drug-likeness (QED) is 0.728. The molecule has 0 saturated heterocycles. The molecule has 0 unspecified atom stereocenters. The average molecular weight is 273 g/mol. The number of benzene rings is 2. The molecule has 0 aliphatic rings. The van der Waals surface area contributed by atoms with Gasteiger partial charge in [0.25, 0.3) is 0 Å². The summed E-state index contributed by atoms with van der Waals surface area (Å²) in [4.78, 5) is 0. The number of rotatable bonds is 0. The zero-order chi connectivity index (χ0) is 11.4. The second kappa shape index (κ2) is 4.87. The summed E-state index contributed by atoms with van der Waals surface area (Å²) in [5, 5.41) is 9.64. The molecule has 0 saturated carbocycles. The van der Waals surface area contributed by atoms with Crippen molar-refractivity contribution in [2.45, 2.75) is 0 Å². The molecule has 0 atom stereocenters. The SMILES string of the molecule is Oc1cc(Br)ccc1C#Cc1ccccc1. The van der Waals surface area contributed by atoms with Crippen LogP contribution in [0.3, 0.4) is 0 Å². The molecule has 0 aliphatic carbocycles. The van der Waals surface area contributed by atoms with E-state index in [1.807, 2.05) is 36.4 Å². The van der Waals surface area contributed by atoms with Gasteiger partial charge in [0.15, 0.2) is 0 Å². The number of halogens is 1. The van der Waals surface area contributed by atoms with E-state index >= 15 is 0 Å². The molecule has 78 valence electrons. The molecule has 1 N–H and O–H groups in total. The highest BCUT2D eigenvalue weighted by atomic mass is 79.9. The van der Waals surface area contributed by atoms with Crippen LogP contribution in [-0.4, -0.2) is 5.11 Å². The van der Waals surface area contributed by atoms with Gasteiger partial charge < -0.3 is 5.11 Å². The monoisotopic (exact) mass is 272 g/mol. The largest absolute Gasteiger partial charge is 0.507 e. The van der Waals surface area contributed by atoms with Crippen molar-refractivity contribution < 1.29 is 5.11 Å². The molecular formula is C14H9BrO. The Labute approximate surface area is 103 Å². The van der Waals surface area contributed by atoms with Gasteiger partial charge in [-0.2, -0.15) is 0 Å². The molecule has 0 bridgehead atoms. The summed E-state index contributed by atoms with van der Waals surface area (Å²) in [6, 6.07) is 15.0. The molecule has 2 aromatic rings. The first kappa shape index (κ1) is 10.8. The van der Waals surface area contributed by atoms with Crippen LogP contribution in [-0.2, 0) is 0 Å². The fraction of sp³-hybridized carbons (Fsp3) is 0. The first-order valence-electron chi connectivity index (χ1n) is 4.81. The lowest BCUT2D eigenvalue weighted by Gasteiger charge is -1.96. The van der Waals surface area contributed by atoms with Crippen molar-refractivity contribution in [3.8, 4) is 17.6 Å². The van der Waals surface area contributed by atoms with Gasteiger partial charge in [0.1, 0.15) is 5.75 Å². The highest BCUT2D eigenvalue weighted by molar-refractivity contribution is 9.10. The van der Waals surface area contributed by atoms with Gasteiger partial charge in [0.2, 0.25) is 0 Å². The van der Waals surface area contributed by atoms with Crippen LogP contribution in [0.2, 0.25) is 0 Å². The molecule has 0 aromatic heterocycles. The van der Waals surface area contributed by atoms with Gasteiger partial charge in [-0.3, -0.25) is 0 Å². The van der Waals surface area contributed by atoms with Gasteiger partial charge in [0, 0.05) is 10.0 Å². The van der Waals surface area contributed by atoms with Gasteiger partial charge in [-0.25, -0.2) is 0 Å². The summed E-state index contributed by atoms with van der Waals surface area (Å²) in [6.45, 7) is 0. The van der Waals surface area contributed by atoms with Gasteiger partial charge in [-0.1, -0.05) is 46.0 Å². The molecule has 2 rings (SSSR count). The Hall–Kier alpha value is -1.72. The fourth-order valence-electron chi connectivity index (χ4n) is 1.27. The summed E-state index contributed by atoms with van der Waals surface area (Å²) in [7, 11) is 0. The zero-order valence-electron chi connectivity index (χ0n) is 8.44. The Morgan fingerprint density at radius 2 is 1.69 bits per heavy atom. The number of aromatic hydroxyl groups is 1. The van der Waals surface area contributed by atoms with Crippen LogP contribution in [0.1, 0.15) is 11.1 Å². The highest BCUT2D eigenvalue weighted by Crippen LogP contribution is 2.21. The van der Waals surface area contributed by atoms with E-state index in [1.54, 1.807) is 12.1 Å². The smallest absolute Gasteiger partial charge is 0.132 e. The minimum Gasteiger partial charge on any atom is -0.507 e. The molecule has 0 aliphatic heterocycles. The molecule has 1 nitrogen and oxygen atoms in total. The Kier molecular flexibility index (Phi) is 3.28. The number of phenols is 1. The van der Waals surface area contributed by atoms with E-state index in [4.69, 9.17) is 0 Å². The average Bonchev–Trinajstić information content (AvgIpc) is 2.29. The lowest BCUT2D eigenvalue weighted by molar-refractivity contribution is 0.473. The van der Waals surface area contributed by atoms with Crippen molar-refractivity contribution in [2.75, 3.05) is 0 Å². The van der Waals surface area contributed by atoms with Gasteiger partial charge >= 0.3 is 0 Å². The number of phenolic OH excluding ortho intramolecular Hbond substituents is 1. The van der Waals surface area contributed by atoms with Crippen molar-refractivity contribution in [1.82, 2.24) is 0 Å². The Morgan fingerprint density at radius 3 is 2.38 bits per heavy atom. The van der Waals surface area contributed by atoms with Crippen LogP contribution in [0, 0.1) is 11.8 Å². The fourth-order valence-corrected chi connectivity index (χ4v) is 1.62. The molecule has 16 heavy (non-hydrogen) atoms. The summed E-state index contributed by atoms with van der Waals surface area (Å²) in [6.07, 6.45) is 0. The maximum absolute atomic E-state index is 9.64. The van der Waals surface area contributed by atoms with Gasteiger partial charge in [0.05, 0.1) is 5.56 Å². The third-order valence-corrected chi connectivity index (χ3v) is 2.57. The standard InChI is InChI=1S/C14H9BrO/c15-13-9-8-12(14(16)10-13)7-6-11-4-2-1-3-5-11/h1-5,8-10,16H. The van der Waals surface area contributed by atoms with E-state index in [0.29, 0.717) is 5.56 Å². The third kappa shape index (κ3) is 2.65. The Balaban J connectivity index is 2.31. The molecule has 2 heteroatoms. The van der Waals surface area contributed by atoms with Crippen molar-refractivity contribution in [2.24, 2.45) is 0 Å². The predicted octanol–water partition coefficient (Wildman–Crippen LogP) is 3.55. The topological polar surface area (TPSA) is 20.2 Å². The summed E-state index contributed by atoms with van der Waals surface area (Å²) in [5.41, 5.74) is 1.57. The van der Waals surface area contributed by atoms with E-state index in [-0.39, 0.29) is 5.75 Å². The van der Waals surface area contributed by atoms with Crippen LogP contribution >= 0.6 is 15.9 Å². The summed E-state index contributed by atoms with van der Waals surface area (Å²) >= 11 is 3.28. The van der Waals surface area contributed by atoms with Crippen LogP contribution in [0.25, 0.3) is 0 Å². The van der Waals surface area contributed by atoms with E-state index in [1.165, 1.54) is 0 Å². The van der Waals surface area contributed by atoms with Crippen LogP contribution < -0.4 is 0 Å². The number of hydrogen-bond acceptors (Lipinski definition) is 1. The van der Waals surface area contributed by atoms with Crippen molar-refractivity contribution >= 4 is 15.9 Å². The maximum Gasteiger partial charge on any atom is 0.132 e. The first-order chi connectivity index (χ1) is 7.75.